The van der Waals surface area contributed by atoms with Crippen molar-refractivity contribution in [2.45, 2.75) is 19.4 Å². The molecule has 144 valence electrons. The Labute approximate surface area is 170 Å². The van der Waals surface area contributed by atoms with Crippen molar-refractivity contribution in [3.63, 3.8) is 0 Å². The maximum atomic E-state index is 11.9. The predicted molar refractivity (Wildman–Crippen MR) is 107 cm³/mol. The van der Waals surface area contributed by atoms with E-state index in [0.717, 1.165) is 37.4 Å². The fraction of sp³-hybridized carbons (Fsp3) is 0.381. The van der Waals surface area contributed by atoms with Gasteiger partial charge in [-0.05, 0) is 54.3 Å². The average Bonchev–Trinajstić information content (AvgIpc) is 2.64. The van der Waals surface area contributed by atoms with Crippen LogP contribution in [0.5, 0.6) is 5.75 Å². The van der Waals surface area contributed by atoms with Gasteiger partial charge in [-0.2, -0.15) is 0 Å². The molecule has 0 atom stereocenters. The maximum absolute atomic E-state index is 11.9. The molecular formula is C21H23Cl2NO3. The first-order valence-electron chi connectivity index (χ1n) is 9.09. The Hall–Kier alpha value is -1.75. The molecule has 0 amide bonds. The van der Waals surface area contributed by atoms with Crippen LogP contribution in [-0.2, 0) is 16.1 Å². The molecule has 4 nitrogen and oxygen atoms in total. The first kappa shape index (κ1) is 20.0. The van der Waals surface area contributed by atoms with E-state index in [1.807, 2.05) is 36.4 Å². The highest BCUT2D eigenvalue weighted by Gasteiger charge is 2.26. The van der Waals surface area contributed by atoms with E-state index in [-0.39, 0.29) is 5.97 Å². The average molecular weight is 408 g/mol. The molecule has 0 unspecified atom stereocenters. The molecule has 0 radical (unpaired) electrons. The van der Waals surface area contributed by atoms with Gasteiger partial charge in [0.05, 0.1) is 0 Å². The molecule has 0 aromatic heterocycles. The number of esters is 1. The molecule has 0 saturated carbocycles. The number of rotatable bonds is 9. The Morgan fingerprint density at radius 2 is 1.63 bits per heavy atom. The fourth-order valence-electron chi connectivity index (χ4n) is 3.00. The van der Waals surface area contributed by atoms with Gasteiger partial charge in [0.2, 0.25) is 0 Å². The lowest BCUT2D eigenvalue weighted by molar-refractivity contribution is -0.145. The summed E-state index contributed by atoms with van der Waals surface area (Å²) in [5.74, 6) is 1.25. The van der Waals surface area contributed by atoms with Crippen LogP contribution in [0.3, 0.4) is 0 Å². The Balaban J connectivity index is 1.23. The smallest absolute Gasteiger partial charge is 0.306 e. The molecule has 0 spiro atoms. The summed E-state index contributed by atoms with van der Waals surface area (Å²) < 4.78 is 11.0. The van der Waals surface area contributed by atoms with E-state index in [1.54, 1.807) is 12.1 Å². The van der Waals surface area contributed by atoms with E-state index in [1.165, 1.54) is 0 Å². The standard InChI is InChI=1S/C21H23Cl2NO3/c22-18-4-1-16(2-5-18)15-27-21(25)10-3-17-13-24(14-17)11-12-26-20-8-6-19(23)7-9-20/h1-2,4-9,17H,3,10-15H2. The predicted octanol–water partition coefficient (Wildman–Crippen LogP) is 4.83. The van der Waals surface area contributed by atoms with Crippen molar-refractivity contribution in [2.75, 3.05) is 26.2 Å². The summed E-state index contributed by atoms with van der Waals surface area (Å²) in [5, 5.41) is 1.39. The molecule has 0 aliphatic carbocycles. The van der Waals surface area contributed by atoms with Crippen LogP contribution in [0, 0.1) is 5.92 Å². The van der Waals surface area contributed by atoms with E-state index >= 15 is 0 Å². The van der Waals surface area contributed by atoms with Crippen molar-refractivity contribution >= 4 is 29.2 Å². The molecule has 2 aromatic carbocycles. The molecular weight excluding hydrogens is 385 g/mol. The zero-order chi connectivity index (χ0) is 19.1. The Bertz CT molecular complexity index is 728. The molecule has 1 fully saturated rings. The van der Waals surface area contributed by atoms with Crippen LogP contribution < -0.4 is 4.74 Å². The third kappa shape index (κ3) is 6.73. The number of halogens is 2. The van der Waals surface area contributed by atoms with Crippen LogP contribution in [0.25, 0.3) is 0 Å². The van der Waals surface area contributed by atoms with Crippen molar-refractivity contribution in [3.05, 3.63) is 64.1 Å². The fourth-order valence-corrected chi connectivity index (χ4v) is 3.26. The summed E-state index contributed by atoms with van der Waals surface area (Å²) in [4.78, 5) is 14.2. The highest BCUT2D eigenvalue weighted by molar-refractivity contribution is 6.30. The van der Waals surface area contributed by atoms with Crippen LogP contribution in [0.1, 0.15) is 18.4 Å². The summed E-state index contributed by atoms with van der Waals surface area (Å²) in [5.41, 5.74) is 0.947. The Kier molecular flexibility index (Phi) is 7.39. The second kappa shape index (κ2) is 9.98. The number of nitrogens with zero attached hydrogens (tertiary/aromatic N) is 1. The van der Waals surface area contributed by atoms with Crippen LogP contribution >= 0.6 is 23.2 Å². The SMILES string of the molecule is O=C(CCC1CN(CCOc2ccc(Cl)cc2)C1)OCc1ccc(Cl)cc1. The monoisotopic (exact) mass is 407 g/mol. The summed E-state index contributed by atoms with van der Waals surface area (Å²) in [6.07, 6.45) is 1.33. The van der Waals surface area contributed by atoms with Crippen LogP contribution in [0.4, 0.5) is 0 Å². The zero-order valence-electron chi connectivity index (χ0n) is 15.1. The molecule has 1 aliphatic rings. The van der Waals surface area contributed by atoms with E-state index in [0.29, 0.717) is 35.6 Å². The summed E-state index contributed by atoms with van der Waals surface area (Å²) >= 11 is 11.7. The largest absolute Gasteiger partial charge is 0.492 e. The minimum absolute atomic E-state index is 0.144. The Morgan fingerprint density at radius 1 is 1.00 bits per heavy atom. The number of carbonyl (C=O) groups is 1. The quantitative estimate of drug-likeness (QED) is 0.558. The van der Waals surface area contributed by atoms with Gasteiger partial charge in [-0.1, -0.05) is 35.3 Å². The third-order valence-electron chi connectivity index (χ3n) is 4.59. The van der Waals surface area contributed by atoms with Crippen molar-refractivity contribution in [3.8, 4) is 5.75 Å². The summed E-state index contributed by atoms with van der Waals surface area (Å²) in [6.45, 7) is 3.86. The Morgan fingerprint density at radius 3 is 2.30 bits per heavy atom. The van der Waals surface area contributed by atoms with Crippen LogP contribution in [-0.4, -0.2) is 37.1 Å². The minimum Gasteiger partial charge on any atom is -0.492 e. The van der Waals surface area contributed by atoms with E-state index in [4.69, 9.17) is 32.7 Å². The van der Waals surface area contributed by atoms with E-state index in [2.05, 4.69) is 4.90 Å². The number of ether oxygens (including phenoxy) is 2. The van der Waals surface area contributed by atoms with Crippen molar-refractivity contribution < 1.29 is 14.3 Å². The number of hydrogen-bond acceptors (Lipinski definition) is 4. The van der Waals surface area contributed by atoms with Gasteiger partial charge in [-0.25, -0.2) is 0 Å². The number of likely N-dealkylation sites (tertiary alicyclic amines) is 1. The molecule has 1 heterocycles. The van der Waals surface area contributed by atoms with Crippen molar-refractivity contribution in [1.29, 1.82) is 0 Å². The van der Waals surface area contributed by atoms with Gasteiger partial charge in [0.1, 0.15) is 19.0 Å². The second-order valence-corrected chi connectivity index (χ2v) is 7.63. The normalized spacial score (nSPS) is 14.6. The van der Waals surface area contributed by atoms with Gasteiger partial charge in [-0.3, -0.25) is 9.69 Å². The summed E-state index contributed by atoms with van der Waals surface area (Å²) in [6, 6.07) is 14.7. The van der Waals surface area contributed by atoms with Crippen molar-refractivity contribution in [2.24, 2.45) is 5.92 Å². The van der Waals surface area contributed by atoms with E-state index < -0.39 is 0 Å². The van der Waals surface area contributed by atoms with Gasteiger partial charge in [-0.15, -0.1) is 0 Å². The first-order chi connectivity index (χ1) is 13.1. The number of carbonyl (C=O) groups excluding carboxylic acids is 1. The van der Waals surface area contributed by atoms with Gasteiger partial charge in [0.25, 0.3) is 0 Å². The lowest BCUT2D eigenvalue weighted by Gasteiger charge is -2.39. The lowest BCUT2D eigenvalue weighted by atomic mass is 9.95. The molecule has 27 heavy (non-hydrogen) atoms. The summed E-state index contributed by atoms with van der Waals surface area (Å²) in [7, 11) is 0. The number of hydrogen-bond donors (Lipinski definition) is 0. The molecule has 6 heteroatoms. The molecule has 2 aromatic rings. The van der Waals surface area contributed by atoms with Gasteiger partial charge in [0.15, 0.2) is 0 Å². The maximum Gasteiger partial charge on any atom is 0.306 e. The molecule has 1 aliphatic heterocycles. The van der Waals surface area contributed by atoms with Crippen LogP contribution in [0.15, 0.2) is 48.5 Å². The van der Waals surface area contributed by atoms with E-state index in [9.17, 15) is 4.79 Å². The first-order valence-corrected chi connectivity index (χ1v) is 9.85. The topological polar surface area (TPSA) is 38.8 Å². The molecule has 3 rings (SSSR count). The highest BCUT2D eigenvalue weighted by atomic mass is 35.5. The second-order valence-electron chi connectivity index (χ2n) is 6.75. The van der Waals surface area contributed by atoms with Gasteiger partial charge < -0.3 is 9.47 Å². The van der Waals surface area contributed by atoms with Crippen molar-refractivity contribution in [1.82, 2.24) is 4.90 Å². The molecule has 0 bridgehead atoms. The van der Waals surface area contributed by atoms with Gasteiger partial charge in [0, 0.05) is 36.1 Å². The number of benzene rings is 2. The molecule has 0 N–H and O–H groups in total. The molecule has 1 saturated heterocycles. The third-order valence-corrected chi connectivity index (χ3v) is 5.10. The highest BCUT2D eigenvalue weighted by Crippen LogP contribution is 2.21. The lowest BCUT2D eigenvalue weighted by Crippen LogP contribution is -2.48. The zero-order valence-corrected chi connectivity index (χ0v) is 16.6. The minimum atomic E-state index is -0.144. The van der Waals surface area contributed by atoms with Crippen LogP contribution in [0.2, 0.25) is 10.0 Å². The van der Waals surface area contributed by atoms with Gasteiger partial charge >= 0.3 is 5.97 Å².